The van der Waals surface area contributed by atoms with Crippen LogP contribution >= 0.6 is 11.6 Å². The van der Waals surface area contributed by atoms with Crippen LogP contribution in [0.1, 0.15) is 0 Å². The first kappa shape index (κ1) is 17.4. The van der Waals surface area contributed by atoms with Gasteiger partial charge in [-0.1, -0.05) is 17.7 Å². The third kappa shape index (κ3) is 4.74. The lowest BCUT2D eigenvalue weighted by atomic mass is 10.0. The summed E-state index contributed by atoms with van der Waals surface area (Å²) in [5.41, 5.74) is 5.54. The minimum Gasteiger partial charge on any atom is -0.488 e. The molecule has 2 aromatic carbocycles. The van der Waals surface area contributed by atoms with Crippen LogP contribution in [0.5, 0.6) is 11.5 Å². The second-order valence-corrected chi connectivity index (χ2v) is 4.91. The molecule has 0 aliphatic carbocycles. The largest absolute Gasteiger partial charge is 0.573 e. The lowest BCUT2D eigenvalue weighted by Crippen LogP contribution is -2.18. The van der Waals surface area contributed by atoms with Gasteiger partial charge in [-0.3, -0.25) is 0 Å². The summed E-state index contributed by atoms with van der Waals surface area (Å²) in [6.07, 6.45) is -4.90. The van der Waals surface area contributed by atoms with Crippen LogP contribution in [-0.2, 0) is 0 Å². The van der Waals surface area contributed by atoms with Crippen molar-refractivity contribution < 1.29 is 27.0 Å². The van der Waals surface area contributed by atoms with Crippen molar-refractivity contribution >= 4 is 11.6 Å². The van der Waals surface area contributed by atoms with E-state index in [2.05, 4.69) is 4.74 Å². The van der Waals surface area contributed by atoms with Gasteiger partial charge >= 0.3 is 6.36 Å². The summed E-state index contributed by atoms with van der Waals surface area (Å²) >= 11 is 5.66. The van der Waals surface area contributed by atoms with Crippen molar-refractivity contribution in [1.29, 1.82) is 0 Å². The van der Waals surface area contributed by atoms with Crippen molar-refractivity contribution in [2.24, 2.45) is 5.73 Å². The number of hydrogen-bond acceptors (Lipinski definition) is 3. The number of halogens is 5. The molecule has 0 aliphatic heterocycles. The summed E-state index contributed by atoms with van der Waals surface area (Å²) < 4.78 is 60.5. The second kappa shape index (κ2) is 7.06. The Bertz CT molecular complexity index is 692. The van der Waals surface area contributed by atoms with Gasteiger partial charge in [0.25, 0.3) is 0 Å². The highest BCUT2D eigenvalue weighted by Crippen LogP contribution is 2.37. The molecule has 2 N–H and O–H groups in total. The summed E-state index contributed by atoms with van der Waals surface area (Å²) in [5.74, 6) is -1.37. The van der Waals surface area contributed by atoms with Crippen molar-refractivity contribution in [3.8, 4) is 22.6 Å². The first-order chi connectivity index (χ1) is 10.8. The molecule has 23 heavy (non-hydrogen) atoms. The van der Waals surface area contributed by atoms with E-state index in [0.29, 0.717) is 0 Å². The van der Waals surface area contributed by atoms with Crippen molar-refractivity contribution in [3.05, 3.63) is 47.2 Å². The van der Waals surface area contributed by atoms with Gasteiger partial charge < -0.3 is 15.2 Å². The van der Waals surface area contributed by atoms with Gasteiger partial charge in [0.05, 0.1) is 0 Å². The summed E-state index contributed by atoms with van der Waals surface area (Å²) in [4.78, 5) is 0. The van der Waals surface area contributed by atoms with Gasteiger partial charge in [-0.05, 0) is 35.9 Å². The molecule has 0 aliphatic rings. The number of benzene rings is 2. The van der Waals surface area contributed by atoms with Crippen molar-refractivity contribution in [1.82, 2.24) is 0 Å². The zero-order valence-electron chi connectivity index (χ0n) is 11.7. The van der Waals surface area contributed by atoms with Gasteiger partial charge in [-0.15, -0.1) is 13.2 Å². The van der Waals surface area contributed by atoms with Gasteiger partial charge in [-0.2, -0.15) is 0 Å². The zero-order valence-corrected chi connectivity index (χ0v) is 12.4. The highest BCUT2D eigenvalue weighted by Gasteiger charge is 2.32. The van der Waals surface area contributed by atoms with E-state index in [1.165, 1.54) is 24.3 Å². The molecule has 0 radical (unpaired) electrons. The maximum absolute atomic E-state index is 13.9. The minimum absolute atomic E-state index is 0.0167. The Kier molecular flexibility index (Phi) is 5.33. The third-order valence-corrected chi connectivity index (χ3v) is 3.02. The Morgan fingerprint density at radius 1 is 1.04 bits per heavy atom. The molecule has 0 amide bonds. The Balaban J connectivity index is 2.44. The Hall–Kier alpha value is -1.99. The fraction of sp³-hybridized carbons (Fsp3) is 0.200. The topological polar surface area (TPSA) is 44.5 Å². The van der Waals surface area contributed by atoms with Crippen LogP contribution < -0.4 is 15.2 Å². The van der Waals surface area contributed by atoms with E-state index in [9.17, 15) is 17.6 Å². The SMILES string of the molecule is NCCOc1ccc(-c2ccc(Cl)cc2F)cc1OC(F)(F)F. The Morgan fingerprint density at radius 2 is 1.78 bits per heavy atom. The number of hydrogen-bond donors (Lipinski definition) is 1. The van der Waals surface area contributed by atoms with Crippen LogP contribution in [0.3, 0.4) is 0 Å². The van der Waals surface area contributed by atoms with E-state index in [4.69, 9.17) is 22.1 Å². The molecule has 0 bridgehead atoms. The monoisotopic (exact) mass is 349 g/mol. The van der Waals surface area contributed by atoms with E-state index < -0.39 is 17.9 Å². The number of rotatable bonds is 5. The molecule has 0 atom stereocenters. The van der Waals surface area contributed by atoms with E-state index >= 15 is 0 Å². The van der Waals surface area contributed by atoms with Crippen LogP contribution in [0.25, 0.3) is 11.1 Å². The highest BCUT2D eigenvalue weighted by atomic mass is 35.5. The van der Waals surface area contributed by atoms with Crippen LogP contribution in [-0.4, -0.2) is 19.5 Å². The molecule has 0 fully saturated rings. The third-order valence-electron chi connectivity index (χ3n) is 2.79. The highest BCUT2D eigenvalue weighted by molar-refractivity contribution is 6.30. The minimum atomic E-state index is -4.90. The fourth-order valence-electron chi connectivity index (χ4n) is 1.89. The zero-order chi connectivity index (χ0) is 17.0. The van der Waals surface area contributed by atoms with Crippen LogP contribution in [0, 0.1) is 5.82 Å². The summed E-state index contributed by atoms with van der Waals surface area (Å²) in [7, 11) is 0. The van der Waals surface area contributed by atoms with E-state index in [1.54, 1.807) is 0 Å². The van der Waals surface area contributed by atoms with Crippen LogP contribution in [0.2, 0.25) is 5.02 Å². The van der Waals surface area contributed by atoms with Crippen LogP contribution in [0.4, 0.5) is 17.6 Å². The molecule has 3 nitrogen and oxygen atoms in total. The van der Waals surface area contributed by atoms with E-state index in [0.717, 1.165) is 12.1 Å². The summed E-state index contributed by atoms with van der Waals surface area (Å²) in [5, 5.41) is 0.181. The predicted octanol–water partition coefficient (Wildman–Crippen LogP) is 4.38. The molecule has 0 saturated carbocycles. The molecule has 0 heterocycles. The van der Waals surface area contributed by atoms with Crippen molar-refractivity contribution in [2.75, 3.05) is 13.2 Å². The maximum Gasteiger partial charge on any atom is 0.573 e. The normalized spacial score (nSPS) is 11.4. The predicted molar refractivity (Wildman–Crippen MR) is 78.1 cm³/mol. The Morgan fingerprint density at radius 3 is 2.39 bits per heavy atom. The molecule has 0 unspecified atom stereocenters. The Labute approximate surface area is 134 Å². The number of nitrogens with two attached hydrogens (primary N) is 1. The molecule has 2 aromatic rings. The fourth-order valence-corrected chi connectivity index (χ4v) is 2.05. The molecular weight excluding hydrogens is 338 g/mol. The van der Waals surface area contributed by atoms with Crippen molar-refractivity contribution in [2.45, 2.75) is 6.36 Å². The van der Waals surface area contributed by atoms with Gasteiger partial charge in [0.1, 0.15) is 12.4 Å². The quantitative estimate of drug-likeness (QED) is 0.815. The first-order valence-electron chi connectivity index (χ1n) is 6.48. The first-order valence-corrected chi connectivity index (χ1v) is 6.86. The van der Waals surface area contributed by atoms with Gasteiger partial charge in [0.2, 0.25) is 0 Å². The van der Waals surface area contributed by atoms with Gasteiger partial charge in [0.15, 0.2) is 11.5 Å². The molecule has 8 heteroatoms. The maximum atomic E-state index is 13.9. The average Bonchev–Trinajstić information content (AvgIpc) is 2.44. The van der Waals surface area contributed by atoms with Gasteiger partial charge in [0, 0.05) is 17.1 Å². The molecule has 2 rings (SSSR count). The van der Waals surface area contributed by atoms with Crippen LogP contribution in [0.15, 0.2) is 36.4 Å². The van der Waals surface area contributed by atoms with E-state index in [-0.39, 0.29) is 35.1 Å². The molecule has 0 saturated heterocycles. The second-order valence-electron chi connectivity index (χ2n) is 4.47. The summed E-state index contributed by atoms with van der Waals surface area (Å²) in [6, 6.07) is 7.60. The lowest BCUT2D eigenvalue weighted by Gasteiger charge is -2.15. The number of ether oxygens (including phenoxy) is 2. The number of alkyl halides is 3. The smallest absolute Gasteiger partial charge is 0.488 e. The molecule has 124 valence electrons. The standard InChI is InChI=1S/C15H12ClF4NO2/c16-10-2-3-11(12(17)8-10)9-1-4-13(22-6-5-21)14(7-9)23-15(18,19)20/h1-4,7-8H,5-6,21H2. The lowest BCUT2D eigenvalue weighted by molar-refractivity contribution is -0.275. The average molecular weight is 350 g/mol. The van der Waals surface area contributed by atoms with E-state index in [1.807, 2.05) is 0 Å². The molecule has 0 spiro atoms. The van der Waals surface area contributed by atoms with Gasteiger partial charge in [-0.25, -0.2) is 4.39 Å². The van der Waals surface area contributed by atoms with Crippen molar-refractivity contribution in [3.63, 3.8) is 0 Å². The molecule has 0 aromatic heterocycles. The summed E-state index contributed by atoms with van der Waals surface area (Å²) in [6.45, 7) is 0.141. The molecular formula is C15H12ClF4NO2.